The van der Waals surface area contributed by atoms with Crippen molar-refractivity contribution in [3.05, 3.63) is 35.6 Å². The number of nitrogens with zero attached hydrogens (tertiary/aromatic N) is 3. The van der Waals surface area contributed by atoms with Crippen LogP contribution in [-0.2, 0) is 0 Å². The summed E-state index contributed by atoms with van der Waals surface area (Å²) in [5.41, 5.74) is 2.93. The van der Waals surface area contributed by atoms with Gasteiger partial charge in [0.05, 0.1) is 5.51 Å². The van der Waals surface area contributed by atoms with Gasteiger partial charge in [0.15, 0.2) is 12.1 Å². The van der Waals surface area contributed by atoms with Gasteiger partial charge in [0, 0.05) is 5.56 Å². The van der Waals surface area contributed by atoms with Gasteiger partial charge in [-0.1, -0.05) is 0 Å². The average molecular weight is 325 g/mol. The number of ether oxygens (including phenoxy) is 1. The maximum atomic E-state index is 12.1. The van der Waals surface area contributed by atoms with Crippen molar-refractivity contribution in [2.24, 2.45) is 0 Å². The zero-order valence-electron chi connectivity index (χ0n) is 10.7. The number of benzene rings is 1. The summed E-state index contributed by atoms with van der Waals surface area (Å²) < 4.78 is 40.2. The molecule has 2 aromatic heterocycles. The second kappa shape index (κ2) is 5.34. The Kier molecular flexibility index (Phi) is 3.49. The second-order valence-corrected chi connectivity index (χ2v) is 4.96. The fraction of sp³-hybridized carbons (Fsp3) is 0.0769. The maximum absolute atomic E-state index is 12.1. The largest absolute Gasteiger partial charge is 0.573 e. The Bertz CT molecular complexity index is 831. The summed E-state index contributed by atoms with van der Waals surface area (Å²) in [6, 6.07) is 5.17. The molecule has 5 nitrogen and oxygen atoms in total. The van der Waals surface area contributed by atoms with Gasteiger partial charge in [-0.05, 0) is 24.3 Å². The molecule has 0 amide bonds. The lowest BCUT2D eigenvalue weighted by atomic mass is 10.1. The van der Waals surface area contributed by atoms with Crippen LogP contribution in [-0.4, -0.2) is 27.6 Å². The Morgan fingerprint density at radius 3 is 2.50 bits per heavy atom. The standard InChI is InChI=1S/C13H6F3N3O2S/c14-13(15,16)21-8-3-1-7(2-4-8)10-11-12(22-6-17-11)19-9(5-20)18-10/h1-6H. The molecular formula is C13H6F3N3O2S. The van der Waals surface area contributed by atoms with Crippen molar-refractivity contribution in [1.29, 1.82) is 0 Å². The molecule has 9 heteroatoms. The van der Waals surface area contributed by atoms with Gasteiger partial charge in [0.1, 0.15) is 21.8 Å². The van der Waals surface area contributed by atoms with Gasteiger partial charge in [-0.2, -0.15) is 0 Å². The van der Waals surface area contributed by atoms with Crippen LogP contribution in [0.3, 0.4) is 0 Å². The van der Waals surface area contributed by atoms with E-state index in [2.05, 4.69) is 19.7 Å². The van der Waals surface area contributed by atoms with Gasteiger partial charge in [-0.15, -0.1) is 24.5 Å². The first-order valence-corrected chi connectivity index (χ1v) is 6.77. The van der Waals surface area contributed by atoms with Gasteiger partial charge in [0.25, 0.3) is 0 Å². The predicted octanol–water partition coefficient (Wildman–Crippen LogP) is 3.46. The van der Waals surface area contributed by atoms with Gasteiger partial charge in [-0.25, -0.2) is 15.0 Å². The number of aromatic nitrogens is 3. The predicted molar refractivity (Wildman–Crippen MR) is 72.7 cm³/mol. The van der Waals surface area contributed by atoms with Crippen molar-refractivity contribution in [3.63, 3.8) is 0 Å². The van der Waals surface area contributed by atoms with Crippen LogP contribution < -0.4 is 4.74 Å². The minimum Gasteiger partial charge on any atom is -0.406 e. The zero-order valence-corrected chi connectivity index (χ0v) is 11.5. The van der Waals surface area contributed by atoms with Crippen molar-refractivity contribution < 1.29 is 22.7 Å². The molecule has 0 bridgehead atoms. The summed E-state index contributed by atoms with van der Waals surface area (Å²) >= 11 is 1.24. The maximum Gasteiger partial charge on any atom is 0.573 e. The fourth-order valence-corrected chi connectivity index (χ4v) is 2.51. The number of carbonyl (C=O) groups is 1. The molecule has 0 atom stereocenters. The third kappa shape index (κ3) is 2.89. The van der Waals surface area contributed by atoms with Crippen LogP contribution in [0, 0.1) is 0 Å². The number of halogens is 3. The van der Waals surface area contributed by atoms with E-state index in [1.807, 2.05) is 0 Å². The Morgan fingerprint density at radius 1 is 1.14 bits per heavy atom. The Labute approximate surface area is 125 Å². The van der Waals surface area contributed by atoms with E-state index in [1.54, 1.807) is 5.51 Å². The number of fused-ring (bicyclic) bond motifs is 1. The highest BCUT2D eigenvalue weighted by Gasteiger charge is 2.31. The number of hydrogen-bond donors (Lipinski definition) is 0. The van der Waals surface area contributed by atoms with E-state index in [0.717, 1.165) is 0 Å². The summed E-state index contributed by atoms with van der Waals surface area (Å²) in [5.74, 6) is -0.349. The first-order valence-electron chi connectivity index (χ1n) is 5.89. The minimum atomic E-state index is -4.75. The quantitative estimate of drug-likeness (QED) is 0.690. The molecule has 0 radical (unpaired) electrons. The Hall–Kier alpha value is -2.55. The number of alkyl halides is 3. The van der Waals surface area contributed by atoms with E-state index in [1.165, 1.54) is 35.6 Å². The minimum absolute atomic E-state index is 0.0117. The van der Waals surface area contributed by atoms with Gasteiger partial charge >= 0.3 is 6.36 Å². The molecule has 0 fully saturated rings. The first-order chi connectivity index (χ1) is 10.5. The van der Waals surface area contributed by atoms with E-state index in [9.17, 15) is 18.0 Å². The van der Waals surface area contributed by atoms with Crippen LogP contribution in [0.2, 0.25) is 0 Å². The van der Waals surface area contributed by atoms with E-state index >= 15 is 0 Å². The topological polar surface area (TPSA) is 65.0 Å². The van der Waals surface area contributed by atoms with E-state index in [0.29, 0.717) is 27.9 Å². The summed E-state index contributed by atoms with van der Waals surface area (Å²) in [6.45, 7) is 0. The molecule has 0 unspecified atom stereocenters. The molecule has 3 rings (SSSR count). The molecule has 0 aliphatic carbocycles. The van der Waals surface area contributed by atoms with Crippen molar-refractivity contribution >= 4 is 28.0 Å². The molecule has 112 valence electrons. The SMILES string of the molecule is O=Cc1nc(-c2ccc(OC(F)(F)F)cc2)c2ncsc2n1. The number of thiazole rings is 1. The van der Waals surface area contributed by atoms with Gasteiger partial charge < -0.3 is 4.74 Å². The highest BCUT2D eigenvalue weighted by Crippen LogP contribution is 2.29. The van der Waals surface area contributed by atoms with Crippen LogP contribution >= 0.6 is 11.3 Å². The van der Waals surface area contributed by atoms with Crippen molar-refractivity contribution in [3.8, 4) is 17.0 Å². The van der Waals surface area contributed by atoms with E-state index in [-0.39, 0.29) is 11.6 Å². The van der Waals surface area contributed by atoms with Crippen LogP contribution in [0.1, 0.15) is 10.6 Å². The molecule has 3 aromatic rings. The lowest BCUT2D eigenvalue weighted by molar-refractivity contribution is -0.274. The summed E-state index contributed by atoms with van der Waals surface area (Å²) in [7, 11) is 0. The number of carbonyl (C=O) groups excluding carboxylic acids is 1. The molecule has 0 aliphatic rings. The number of rotatable bonds is 3. The smallest absolute Gasteiger partial charge is 0.406 e. The molecule has 22 heavy (non-hydrogen) atoms. The molecule has 2 heterocycles. The zero-order chi connectivity index (χ0) is 15.7. The highest BCUT2D eigenvalue weighted by atomic mass is 32.1. The summed E-state index contributed by atoms with van der Waals surface area (Å²) in [5, 5.41) is 0. The Balaban J connectivity index is 2.04. The number of aldehydes is 1. The third-order valence-corrected chi connectivity index (χ3v) is 3.40. The van der Waals surface area contributed by atoms with E-state index in [4.69, 9.17) is 0 Å². The molecular weight excluding hydrogens is 319 g/mol. The lowest BCUT2D eigenvalue weighted by Gasteiger charge is -2.09. The monoisotopic (exact) mass is 325 g/mol. The first kappa shape index (κ1) is 14.4. The number of hydrogen-bond acceptors (Lipinski definition) is 6. The summed E-state index contributed by atoms with van der Waals surface area (Å²) in [4.78, 5) is 23.6. The van der Waals surface area contributed by atoms with Gasteiger partial charge in [-0.3, -0.25) is 4.79 Å². The Morgan fingerprint density at radius 2 is 1.86 bits per heavy atom. The third-order valence-electron chi connectivity index (χ3n) is 2.68. The molecule has 0 N–H and O–H groups in total. The van der Waals surface area contributed by atoms with Crippen LogP contribution in [0.15, 0.2) is 29.8 Å². The van der Waals surface area contributed by atoms with Crippen LogP contribution in [0.4, 0.5) is 13.2 Å². The molecule has 0 spiro atoms. The van der Waals surface area contributed by atoms with E-state index < -0.39 is 6.36 Å². The highest BCUT2D eigenvalue weighted by molar-refractivity contribution is 7.16. The lowest BCUT2D eigenvalue weighted by Crippen LogP contribution is -2.16. The van der Waals surface area contributed by atoms with Crippen molar-refractivity contribution in [2.45, 2.75) is 6.36 Å². The molecule has 1 aromatic carbocycles. The molecule has 0 aliphatic heterocycles. The van der Waals surface area contributed by atoms with Crippen molar-refractivity contribution in [1.82, 2.24) is 15.0 Å². The van der Waals surface area contributed by atoms with Crippen LogP contribution in [0.5, 0.6) is 5.75 Å². The second-order valence-electron chi connectivity index (χ2n) is 4.13. The average Bonchev–Trinajstić information content (AvgIpc) is 2.93. The fourth-order valence-electron chi connectivity index (χ4n) is 1.85. The van der Waals surface area contributed by atoms with Gasteiger partial charge in [0.2, 0.25) is 0 Å². The molecule has 0 saturated carbocycles. The normalized spacial score (nSPS) is 11.6. The molecule has 0 saturated heterocycles. The summed E-state index contributed by atoms with van der Waals surface area (Å²) in [6.07, 6.45) is -4.24. The van der Waals surface area contributed by atoms with Crippen molar-refractivity contribution in [2.75, 3.05) is 0 Å². The van der Waals surface area contributed by atoms with Crippen LogP contribution in [0.25, 0.3) is 21.6 Å².